The lowest BCUT2D eigenvalue weighted by Gasteiger charge is -2.31. The Hall–Kier alpha value is 0.590. The summed E-state index contributed by atoms with van der Waals surface area (Å²) in [7, 11) is -10.1. The summed E-state index contributed by atoms with van der Waals surface area (Å²) in [5.74, 6) is -1.05. The smallest absolute Gasteiger partial charge is 0.323 e. The Bertz CT molecular complexity index is 254. The maximum absolute atomic E-state index is 10.8. The van der Waals surface area contributed by atoms with Crippen molar-refractivity contribution in [1.82, 2.24) is 0 Å². The van der Waals surface area contributed by atoms with Gasteiger partial charge in [0.05, 0.1) is 0 Å². The first kappa shape index (κ1) is 13.6. The van der Waals surface area contributed by atoms with Gasteiger partial charge in [-0.05, 0) is 5.92 Å². The fourth-order valence-electron chi connectivity index (χ4n) is 0.842. The van der Waals surface area contributed by atoms with Crippen LogP contribution < -0.4 is 0 Å². The highest BCUT2D eigenvalue weighted by molar-refractivity contribution is 7.75. The molecule has 80 valence electrons. The molecular weight excluding hydrogens is 241 g/mol. The second-order valence-electron chi connectivity index (χ2n) is 2.88. The summed E-state index contributed by atoms with van der Waals surface area (Å²) in [6.45, 7) is 2.45. The van der Waals surface area contributed by atoms with Crippen molar-refractivity contribution in [3.8, 4) is 0 Å². The largest absolute Gasteiger partial charge is 0.358 e. The van der Waals surface area contributed by atoms with Gasteiger partial charge in [0, 0.05) is 0 Å². The number of hydrogen-bond donors (Lipinski definition) is 4. The molecule has 0 atom stereocenters. The molecule has 0 spiro atoms. The van der Waals surface area contributed by atoms with Gasteiger partial charge in [0.25, 0.3) is 0 Å². The number of alkyl halides is 1. The SMILES string of the molecule is CC(C)C(Cl)(P(=O)(O)O)P(=O)(O)O. The quantitative estimate of drug-likeness (QED) is 0.438. The Balaban J connectivity index is 5.50. The highest BCUT2D eigenvalue weighted by Gasteiger charge is 2.61. The van der Waals surface area contributed by atoms with E-state index < -0.39 is 25.5 Å². The predicted molar refractivity (Wildman–Crippen MR) is 47.5 cm³/mol. The van der Waals surface area contributed by atoms with Crippen molar-refractivity contribution in [3.63, 3.8) is 0 Å². The van der Waals surface area contributed by atoms with Gasteiger partial charge in [0.15, 0.2) is 0 Å². The van der Waals surface area contributed by atoms with E-state index >= 15 is 0 Å². The summed E-state index contributed by atoms with van der Waals surface area (Å²) >= 11 is 5.30. The molecule has 0 aromatic rings. The second-order valence-corrected chi connectivity index (χ2v) is 7.94. The molecule has 0 amide bonds. The molecule has 0 aliphatic rings. The van der Waals surface area contributed by atoms with E-state index in [9.17, 15) is 9.13 Å². The van der Waals surface area contributed by atoms with Crippen LogP contribution in [0.15, 0.2) is 0 Å². The molecule has 0 rings (SSSR count). The molecule has 0 fully saturated rings. The van der Waals surface area contributed by atoms with Crippen molar-refractivity contribution >= 4 is 26.8 Å². The Morgan fingerprint density at radius 2 is 1.31 bits per heavy atom. The zero-order valence-corrected chi connectivity index (χ0v) is 9.50. The van der Waals surface area contributed by atoms with E-state index in [1.165, 1.54) is 13.8 Å². The Morgan fingerprint density at radius 3 is 1.31 bits per heavy atom. The third-order valence-electron chi connectivity index (χ3n) is 1.55. The summed E-state index contributed by atoms with van der Waals surface area (Å²) in [5, 5.41) is 0. The van der Waals surface area contributed by atoms with Crippen LogP contribution in [-0.2, 0) is 9.13 Å². The lowest BCUT2D eigenvalue weighted by molar-refractivity contribution is 0.313. The number of rotatable bonds is 3. The molecule has 0 aromatic heterocycles. The fourth-order valence-corrected chi connectivity index (χ4v) is 3.55. The van der Waals surface area contributed by atoms with Crippen LogP contribution in [0.4, 0.5) is 0 Å². The van der Waals surface area contributed by atoms with Gasteiger partial charge in [0.2, 0.25) is 4.36 Å². The van der Waals surface area contributed by atoms with Crippen LogP contribution in [0.1, 0.15) is 13.8 Å². The molecule has 0 aliphatic heterocycles. The van der Waals surface area contributed by atoms with Crippen LogP contribution in [0.5, 0.6) is 0 Å². The molecule has 0 aliphatic carbocycles. The van der Waals surface area contributed by atoms with Crippen LogP contribution >= 0.6 is 26.8 Å². The third kappa shape index (κ3) is 2.34. The van der Waals surface area contributed by atoms with Crippen LogP contribution in [0.3, 0.4) is 0 Å². The Morgan fingerprint density at radius 1 is 1.08 bits per heavy atom. The molecule has 6 nitrogen and oxygen atoms in total. The maximum atomic E-state index is 10.8. The average Bonchev–Trinajstić information content (AvgIpc) is 1.80. The maximum Gasteiger partial charge on any atom is 0.358 e. The van der Waals surface area contributed by atoms with Gasteiger partial charge < -0.3 is 19.6 Å². The minimum absolute atomic E-state index is 1.05. The molecule has 0 heterocycles. The van der Waals surface area contributed by atoms with E-state index in [1.54, 1.807) is 0 Å². The summed E-state index contributed by atoms with van der Waals surface area (Å²) in [6, 6.07) is 0. The first-order valence-electron chi connectivity index (χ1n) is 3.24. The van der Waals surface area contributed by atoms with Crippen LogP contribution in [0, 0.1) is 5.92 Å². The van der Waals surface area contributed by atoms with E-state index in [1.807, 2.05) is 0 Å². The minimum Gasteiger partial charge on any atom is -0.323 e. The molecule has 13 heavy (non-hydrogen) atoms. The summed E-state index contributed by atoms with van der Waals surface area (Å²) < 4.78 is 18.8. The first-order chi connectivity index (χ1) is 5.44. The van der Waals surface area contributed by atoms with E-state index in [-0.39, 0.29) is 0 Å². The normalized spacial score (nSPS) is 15.1. The monoisotopic (exact) mass is 252 g/mol. The molecule has 0 bridgehead atoms. The van der Waals surface area contributed by atoms with Crippen LogP contribution in [0.2, 0.25) is 0 Å². The van der Waals surface area contributed by atoms with Crippen molar-refractivity contribution in [1.29, 1.82) is 0 Å². The highest BCUT2D eigenvalue weighted by atomic mass is 35.5. The lowest BCUT2D eigenvalue weighted by atomic mass is 10.3. The van der Waals surface area contributed by atoms with Crippen LogP contribution in [-0.4, -0.2) is 23.9 Å². The molecular formula is C4H11ClO6P2. The van der Waals surface area contributed by atoms with Gasteiger partial charge in [0.1, 0.15) is 0 Å². The van der Waals surface area contributed by atoms with Gasteiger partial charge in [-0.1, -0.05) is 25.4 Å². The number of halogens is 1. The average molecular weight is 253 g/mol. The zero-order valence-electron chi connectivity index (χ0n) is 6.96. The van der Waals surface area contributed by atoms with Crippen molar-refractivity contribution in [2.24, 2.45) is 5.92 Å². The first-order valence-corrected chi connectivity index (χ1v) is 6.85. The molecule has 0 radical (unpaired) electrons. The summed E-state index contributed by atoms with van der Waals surface area (Å²) in [6.07, 6.45) is 0. The van der Waals surface area contributed by atoms with E-state index in [0.29, 0.717) is 0 Å². The molecule has 9 heteroatoms. The van der Waals surface area contributed by atoms with Gasteiger partial charge in [-0.2, -0.15) is 0 Å². The molecule has 0 unspecified atom stereocenters. The Labute approximate surface area is 80.2 Å². The number of hydrogen-bond acceptors (Lipinski definition) is 2. The van der Waals surface area contributed by atoms with Crippen molar-refractivity contribution < 1.29 is 28.7 Å². The van der Waals surface area contributed by atoms with Gasteiger partial charge in [-0.25, -0.2) is 0 Å². The Kier molecular flexibility index (Phi) is 3.79. The van der Waals surface area contributed by atoms with E-state index in [2.05, 4.69) is 0 Å². The molecule has 4 N–H and O–H groups in total. The van der Waals surface area contributed by atoms with E-state index in [0.717, 1.165) is 0 Å². The molecule has 0 aromatic carbocycles. The van der Waals surface area contributed by atoms with E-state index in [4.69, 9.17) is 31.2 Å². The fraction of sp³-hybridized carbons (Fsp3) is 1.00. The summed E-state index contributed by atoms with van der Waals surface area (Å²) in [4.78, 5) is 34.9. The van der Waals surface area contributed by atoms with Crippen LogP contribution in [0.25, 0.3) is 0 Å². The lowest BCUT2D eigenvalue weighted by Crippen LogP contribution is -2.28. The topological polar surface area (TPSA) is 115 Å². The predicted octanol–water partition coefficient (Wildman–Crippen LogP) is 0.890. The van der Waals surface area contributed by atoms with Gasteiger partial charge >= 0.3 is 15.2 Å². The van der Waals surface area contributed by atoms with Crippen molar-refractivity contribution in [3.05, 3.63) is 0 Å². The second kappa shape index (κ2) is 3.63. The van der Waals surface area contributed by atoms with Gasteiger partial charge in [-0.3, -0.25) is 9.13 Å². The van der Waals surface area contributed by atoms with Gasteiger partial charge in [-0.15, -0.1) is 0 Å². The molecule has 0 saturated heterocycles. The summed E-state index contributed by atoms with van der Waals surface area (Å²) in [5.41, 5.74) is 0. The zero-order chi connectivity index (χ0) is 11.1. The minimum atomic E-state index is -5.06. The molecule has 0 saturated carbocycles. The van der Waals surface area contributed by atoms with Crippen molar-refractivity contribution in [2.45, 2.75) is 18.2 Å². The third-order valence-corrected chi connectivity index (χ3v) is 7.54. The van der Waals surface area contributed by atoms with Crippen molar-refractivity contribution in [2.75, 3.05) is 0 Å². The standard InChI is InChI=1S/C4H11ClO6P2/c1-3(2)4(5,12(6,7)8)13(9,10)11/h3H,1-2H3,(H2,6,7,8)(H2,9,10,11). The highest BCUT2D eigenvalue weighted by Crippen LogP contribution is 2.74.